The molecule has 1 fully saturated rings. The van der Waals surface area contributed by atoms with E-state index in [2.05, 4.69) is 15.0 Å². The Hall–Kier alpha value is -1.59. The van der Waals surface area contributed by atoms with Crippen LogP contribution < -0.4 is 15.2 Å². The molecule has 0 bridgehead atoms. The van der Waals surface area contributed by atoms with Crippen LogP contribution in [0.25, 0.3) is 0 Å². The number of aromatic nitrogens is 3. The highest BCUT2D eigenvalue weighted by atomic mass is 16.5. The molecule has 0 aliphatic heterocycles. The molecule has 1 aromatic rings. The highest BCUT2D eigenvalue weighted by Crippen LogP contribution is 2.22. The highest BCUT2D eigenvalue weighted by molar-refractivity contribution is 5.20. The van der Waals surface area contributed by atoms with Gasteiger partial charge < -0.3 is 15.2 Å². The Labute approximate surface area is 87.8 Å². The first-order valence-corrected chi connectivity index (χ1v) is 5.00. The van der Waals surface area contributed by atoms with Crippen LogP contribution in [0.1, 0.15) is 25.7 Å². The highest BCUT2D eigenvalue weighted by Gasteiger charge is 2.18. The minimum atomic E-state index is 0.120. The van der Waals surface area contributed by atoms with Gasteiger partial charge in [-0.05, 0) is 25.7 Å². The number of anilines is 1. The Balaban J connectivity index is 2.09. The van der Waals surface area contributed by atoms with E-state index in [0.717, 1.165) is 12.8 Å². The van der Waals surface area contributed by atoms with E-state index in [9.17, 15) is 0 Å². The Kier molecular flexibility index (Phi) is 2.84. The van der Waals surface area contributed by atoms with Crippen LogP contribution in [0.15, 0.2) is 0 Å². The molecule has 1 saturated carbocycles. The summed E-state index contributed by atoms with van der Waals surface area (Å²) in [6.07, 6.45) is 4.70. The van der Waals surface area contributed by atoms with Crippen LogP contribution in [0.5, 0.6) is 12.0 Å². The molecule has 6 nitrogen and oxygen atoms in total. The molecular weight excluding hydrogens is 196 g/mol. The predicted molar refractivity (Wildman–Crippen MR) is 53.7 cm³/mol. The maximum Gasteiger partial charge on any atom is 0.324 e. The predicted octanol–water partition coefficient (Wildman–Crippen LogP) is 0.784. The van der Waals surface area contributed by atoms with Crippen LogP contribution in [0.3, 0.4) is 0 Å². The van der Waals surface area contributed by atoms with Gasteiger partial charge in [-0.25, -0.2) is 0 Å². The van der Waals surface area contributed by atoms with Crippen molar-refractivity contribution < 1.29 is 9.47 Å². The average molecular weight is 210 g/mol. The van der Waals surface area contributed by atoms with Crippen LogP contribution >= 0.6 is 0 Å². The molecule has 0 atom stereocenters. The lowest BCUT2D eigenvalue weighted by Crippen LogP contribution is -2.14. The van der Waals surface area contributed by atoms with E-state index in [1.807, 2.05) is 0 Å². The molecule has 2 N–H and O–H groups in total. The molecule has 0 radical (unpaired) electrons. The SMILES string of the molecule is COc1nc(N)nc(OC2CCCC2)n1. The number of nitrogen functional groups attached to an aromatic ring is 1. The van der Waals surface area contributed by atoms with Gasteiger partial charge in [-0.2, -0.15) is 9.97 Å². The van der Waals surface area contributed by atoms with Gasteiger partial charge in [0.05, 0.1) is 7.11 Å². The lowest BCUT2D eigenvalue weighted by Gasteiger charge is -2.11. The van der Waals surface area contributed by atoms with Crippen molar-refractivity contribution >= 4 is 5.95 Å². The molecule has 15 heavy (non-hydrogen) atoms. The molecule has 1 aliphatic rings. The average Bonchev–Trinajstić information content (AvgIpc) is 2.69. The Bertz CT molecular complexity index is 339. The van der Waals surface area contributed by atoms with Crippen molar-refractivity contribution in [1.82, 2.24) is 15.0 Å². The number of nitrogens with zero attached hydrogens (tertiary/aromatic N) is 3. The van der Waals surface area contributed by atoms with Crippen molar-refractivity contribution in [2.75, 3.05) is 12.8 Å². The zero-order chi connectivity index (χ0) is 10.7. The third-order valence-corrected chi connectivity index (χ3v) is 2.37. The largest absolute Gasteiger partial charge is 0.467 e. The second-order valence-electron chi connectivity index (χ2n) is 3.49. The summed E-state index contributed by atoms with van der Waals surface area (Å²) < 4.78 is 10.5. The lowest BCUT2D eigenvalue weighted by atomic mass is 10.3. The number of methoxy groups -OCH3 is 1. The Morgan fingerprint density at radius 1 is 1.13 bits per heavy atom. The van der Waals surface area contributed by atoms with Gasteiger partial charge in [-0.15, -0.1) is 4.98 Å². The van der Waals surface area contributed by atoms with Gasteiger partial charge in [0.15, 0.2) is 0 Å². The van der Waals surface area contributed by atoms with E-state index in [1.54, 1.807) is 0 Å². The first-order valence-electron chi connectivity index (χ1n) is 5.00. The smallest absolute Gasteiger partial charge is 0.324 e. The zero-order valence-electron chi connectivity index (χ0n) is 8.64. The zero-order valence-corrected chi connectivity index (χ0v) is 8.64. The molecule has 6 heteroatoms. The molecule has 2 rings (SSSR count). The molecule has 0 saturated heterocycles. The standard InChI is InChI=1S/C9H14N4O2/c1-14-8-11-7(10)12-9(13-8)15-6-4-2-3-5-6/h6H,2-5H2,1H3,(H2,10,11,12,13). The maximum atomic E-state index is 5.58. The van der Waals surface area contributed by atoms with Crippen LogP contribution in [0.2, 0.25) is 0 Å². The van der Waals surface area contributed by atoms with E-state index in [-0.39, 0.29) is 24.1 Å². The molecule has 1 heterocycles. The molecule has 0 amide bonds. The normalized spacial score (nSPS) is 16.6. The van der Waals surface area contributed by atoms with Crippen LogP contribution in [-0.4, -0.2) is 28.2 Å². The van der Waals surface area contributed by atoms with Crippen molar-refractivity contribution in [1.29, 1.82) is 0 Å². The number of rotatable bonds is 3. The van der Waals surface area contributed by atoms with Crippen molar-refractivity contribution in [3.05, 3.63) is 0 Å². The van der Waals surface area contributed by atoms with Gasteiger partial charge >= 0.3 is 12.0 Å². The molecule has 0 aromatic carbocycles. The summed E-state index contributed by atoms with van der Waals surface area (Å²) in [5, 5.41) is 0. The van der Waals surface area contributed by atoms with Crippen LogP contribution in [0.4, 0.5) is 5.95 Å². The first kappa shape index (κ1) is 9.95. The summed E-state index contributed by atoms with van der Waals surface area (Å²) in [5.41, 5.74) is 5.49. The second-order valence-corrected chi connectivity index (χ2v) is 3.49. The van der Waals surface area contributed by atoms with Crippen molar-refractivity contribution in [2.24, 2.45) is 0 Å². The summed E-state index contributed by atoms with van der Waals surface area (Å²) in [6.45, 7) is 0. The minimum absolute atomic E-state index is 0.120. The molecule has 0 spiro atoms. The fourth-order valence-corrected chi connectivity index (χ4v) is 1.65. The molecule has 0 unspecified atom stereocenters. The van der Waals surface area contributed by atoms with E-state index in [1.165, 1.54) is 20.0 Å². The number of hydrogen-bond donors (Lipinski definition) is 1. The van der Waals surface area contributed by atoms with Gasteiger partial charge in [0.1, 0.15) is 6.10 Å². The van der Waals surface area contributed by atoms with Crippen LogP contribution in [-0.2, 0) is 0 Å². The fraction of sp³-hybridized carbons (Fsp3) is 0.667. The topological polar surface area (TPSA) is 83.2 Å². The van der Waals surface area contributed by atoms with E-state index >= 15 is 0 Å². The third kappa shape index (κ3) is 2.45. The van der Waals surface area contributed by atoms with Crippen molar-refractivity contribution in [2.45, 2.75) is 31.8 Å². The van der Waals surface area contributed by atoms with Gasteiger partial charge in [0, 0.05) is 0 Å². The van der Waals surface area contributed by atoms with Crippen LogP contribution in [0, 0.1) is 0 Å². The Morgan fingerprint density at radius 2 is 1.80 bits per heavy atom. The monoisotopic (exact) mass is 210 g/mol. The van der Waals surface area contributed by atoms with Crippen molar-refractivity contribution in [3.8, 4) is 12.0 Å². The Morgan fingerprint density at radius 3 is 2.47 bits per heavy atom. The van der Waals surface area contributed by atoms with Crippen molar-refractivity contribution in [3.63, 3.8) is 0 Å². The molecular formula is C9H14N4O2. The summed E-state index contributed by atoms with van der Waals surface area (Å²) in [5.74, 6) is 0.120. The van der Waals surface area contributed by atoms with E-state index in [0.29, 0.717) is 0 Å². The molecule has 1 aromatic heterocycles. The molecule has 1 aliphatic carbocycles. The van der Waals surface area contributed by atoms with Gasteiger partial charge in [0.2, 0.25) is 5.95 Å². The summed E-state index contributed by atoms with van der Waals surface area (Å²) in [4.78, 5) is 11.6. The van der Waals surface area contributed by atoms with Gasteiger partial charge in [0.25, 0.3) is 0 Å². The number of nitrogens with two attached hydrogens (primary N) is 1. The first-order chi connectivity index (χ1) is 7.28. The summed E-state index contributed by atoms with van der Waals surface area (Å²) in [7, 11) is 1.48. The lowest BCUT2D eigenvalue weighted by molar-refractivity contribution is 0.189. The minimum Gasteiger partial charge on any atom is -0.467 e. The van der Waals surface area contributed by atoms with Gasteiger partial charge in [-0.1, -0.05) is 0 Å². The van der Waals surface area contributed by atoms with Gasteiger partial charge in [-0.3, -0.25) is 0 Å². The van der Waals surface area contributed by atoms with E-state index < -0.39 is 0 Å². The molecule has 82 valence electrons. The maximum absolute atomic E-state index is 5.58. The summed E-state index contributed by atoms with van der Waals surface area (Å²) in [6, 6.07) is 0.446. The number of hydrogen-bond acceptors (Lipinski definition) is 6. The van der Waals surface area contributed by atoms with E-state index in [4.69, 9.17) is 15.2 Å². The quantitative estimate of drug-likeness (QED) is 0.793. The summed E-state index contributed by atoms with van der Waals surface area (Å²) >= 11 is 0. The fourth-order valence-electron chi connectivity index (χ4n) is 1.65. The third-order valence-electron chi connectivity index (χ3n) is 2.37. The number of ether oxygens (including phenoxy) is 2. The second kappa shape index (κ2) is 4.29.